The standard InChI is InChI=1S/C36H43NO4Si/c1-34(2,3)42(31-22-14-8-15-23-31,32-24-16-9-17-25-32)40-28-36(30-20-12-7-13-21-30,33-27-38-35(4,5)41-33)37-39-26-29-18-10-6-11-19-29/h6-25,33,37H,26-28H2,1-5H3/t33-,36+/m0/s1. The fraction of sp³-hybridized carbons (Fsp3) is 0.333. The third-order valence-electron chi connectivity index (χ3n) is 8.12. The Balaban J connectivity index is 1.61. The molecule has 1 aliphatic heterocycles. The molecule has 1 aliphatic rings. The quantitative estimate of drug-likeness (QED) is 0.166. The summed E-state index contributed by atoms with van der Waals surface area (Å²) in [6.45, 7) is 11.9. The van der Waals surface area contributed by atoms with E-state index in [1.807, 2.05) is 50.2 Å². The fourth-order valence-corrected chi connectivity index (χ4v) is 10.6. The summed E-state index contributed by atoms with van der Waals surface area (Å²) in [6.07, 6.45) is -0.371. The largest absolute Gasteiger partial charge is 0.405 e. The van der Waals surface area contributed by atoms with Gasteiger partial charge in [-0.1, -0.05) is 142 Å². The van der Waals surface area contributed by atoms with E-state index in [1.165, 1.54) is 10.4 Å². The van der Waals surface area contributed by atoms with Crippen molar-refractivity contribution in [1.82, 2.24) is 5.48 Å². The number of hydrogen-bond donors (Lipinski definition) is 1. The molecule has 1 N–H and O–H groups in total. The van der Waals surface area contributed by atoms with Crippen molar-refractivity contribution in [2.75, 3.05) is 13.2 Å². The SMILES string of the molecule is CC1(C)OC[C@@H]([C@](CO[Si](c2ccccc2)(c2ccccc2)C(C)(C)C)(NOCc2ccccc2)c2ccccc2)O1. The molecule has 0 aliphatic carbocycles. The molecular weight excluding hydrogens is 538 g/mol. The van der Waals surface area contributed by atoms with Crippen molar-refractivity contribution in [3.8, 4) is 0 Å². The van der Waals surface area contributed by atoms with E-state index in [9.17, 15) is 0 Å². The van der Waals surface area contributed by atoms with Gasteiger partial charge < -0.3 is 13.9 Å². The van der Waals surface area contributed by atoms with Gasteiger partial charge in [0.05, 0.1) is 19.8 Å². The summed E-state index contributed by atoms with van der Waals surface area (Å²) in [6, 6.07) is 41.9. The average Bonchev–Trinajstić information content (AvgIpc) is 3.37. The fourth-order valence-electron chi connectivity index (χ4n) is 5.99. The van der Waals surface area contributed by atoms with Gasteiger partial charge >= 0.3 is 0 Å². The van der Waals surface area contributed by atoms with E-state index in [0.717, 1.165) is 11.1 Å². The normalized spacial score (nSPS) is 18.5. The van der Waals surface area contributed by atoms with Crippen LogP contribution in [0, 0.1) is 0 Å². The predicted molar refractivity (Wildman–Crippen MR) is 171 cm³/mol. The molecule has 0 aromatic heterocycles. The molecule has 4 aromatic rings. The summed E-state index contributed by atoms with van der Waals surface area (Å²) in [5, 5.41) is 2.26. The smallest absolute Gasteiger partial charge is 0.261 e. The molecule has 0 saturated carbocycles. The molecule has 0 amide bonds. The van der Waals surface area contributed by atoms with Gasteiger partial charge in [-0.05, 0) is 40.4 Å². The molecule has 0 spiro atoms. The van der Waals surface area contributed by atoms with Crippen LogP contribution in [0.4, 0.5) is 0 Å². The van der Waals surface area contributed by atoms with Gasteiger partial charge in [-0.15, -0.1) is 0 Å². The highest BCUT2D eigenvalue weighted by atomic mass is 28.4. The molecule has 0 radical (unpaired) electrons. The Morgan fingerprint density at radius 3 is 1.74 bits per heavy atom. The van der Waals surface area contributed by atoms with Crippen molar-refractivity contribution in [2.45, 2.75) is 63.7 Å². The molecule has 42 heavy (non-hydrogen) atoms. The van der Waals surface area contributed by atoms with Crippen LogP contribution in [-0.2, 0) is 30.9 Å². The number of ether oxygens (including phenoxy) is 2. The van der Waals surface area contributed by atoms with E-state index in [4.69, 9.17) is 18.7 Å². The molecule has 1 saturated heterocycles. The van der Waals surface area contributed by atoms with E-state index in [-0.39, 0.29) is 11.1 Å². The molecule has 1 heterocycles. The Morgan fingerprint density at radius 1 is 0.762 bits per heavy atom. The lowest BCUT2D eigenvalue weighted by atomic mass is 9.86. The summed E-state index contributed by atoms with van der Waals surface area (Å²) in [5.41, 5.74) is 4.72. The van der Waals surface area contributed by atoms with Gasteiger partial charge in [-0.3, -0.25) is 4.84 Å². The highest BCUT2D eigenvalue weighted by molar-refractivity contribution is 6.99. The van der Waals surface area contributed by atoms with Crippen LogP contribution in [0.15, 0.2) is 121 Å². The molecular formula is C36H43NO4Si. The highest BCUT2D eigenvalue weighted by Gasteiger charge is 2.55. The van der Waals surface area contributed by atoms with Crippen LogP contribution < -0.4 is 15.9 Å². The van der Waals surface area contributed by atoms with Gasteiger partial charge in [-0.25, -0.2) is 0 Å². The monoisotopic (exact) mass is 581 g/mol. The second kappa shape index (κ2) is 12.6. The van der Waals surface area contributed by atoms with E-state index in [2.05, 4.69) is 111 Å². The summed E-state index contributed by atoms with van der Waals surface area (Å²) in [4.78, 5) is 6.33. The lowest BCUT2D eigenvalue weighted by molar-refractivity contribution is -0.168. The van der Waals surface area contributed by atoms with Crippen molar-refractivity contribution < 1.29 is 18.7 Å². The zero-order valence-electron chi connectivity index (χ0n) is 25.4. The maximum Gasteiger partial charge on any atom is 0.261 e. The van der Waals surface area contributed by atoms with Crippen LogP contribution in [0.5, 0.6) is 0 Å². The molecule has 6 heteroatoms. The summed E-state index contributed by atoms with van der Waals surface area (Å²) in [7, 11) is -2.87. The minimum atomic E-state index is -2.87. The first-order valence-corrected chi connectivity index (χ1v) is 16.6. The molecule has 4 aromatic carbocycles. The van der Waals surface area contributed by atoms with Crippen LogP contribution in [0.2, 0.25) is 5.04 Å². The minimum absolute atomic E-state index is 0.185. The summed E-state index contributed by atoms with van der Waals surface area (Å²) >= 11 is 0. The number of benzene rings is 4. The zero-order chi connectivity index (χ0) is 29.7. The van der Waals surface area contributed by atoms with Gasteiger partial charge in [0.25, 0.3) is 8.32 Å². The third kappa shape index (κ3) is 6.30. The van der Waals surface area contributed by atoms with Crippen LogP contribution in [0.3, 0.4) is 0 Å². The molecule has 0 unspecified atom stereocenters. The van der Waals surface area contributed by atoms with Gasteiger partial charge in [0.15, 0.2) is 5.79 Å². The van der Waals surface area contributed by atoms with Crippen molar-refractivity contribution in [3.63, 3.8) is 0 Å². The van der Waals surface area contributed by atoms with E-state index in [1.54, 1.807) is 0 Å². The topological polar surface area (TPSA) is 49.0 Å². The van der Waals surface area contributed by atoms with Gasteiger partial charge in [0.2, 0.25) is 0 Å². The first-order chi connectivity index (χ1) is 20.2. The molecule has 1 fully saturated rings. The molecule has 5 rings (SSSR count). The summed E-state index contributed by atoms with van der Waals surface area (Å²) < 4.78 is 20.3. The Bertz CT molecular complexity index is 1350. The highest BCUT2D eigenvalue weighted by Crippen LogP contribution is 2.41. The lowest BCUT2D eigenvalue weighted by Gasteiger charge is -2.47. The van der Waals surface area contributed by atoms with E-state index in [0.29, 0.717) is 19.8 Å². The lowest BCUT2D eigenvalue weighted by Crippen LogP contribution is -2.69. The van der Waals surface area contributed by atoms with Crippen LogP contribution in [-0.4, -0.2) is 33.4 Å². The minimum Gasteiger partial charge on any atom is -0.405 e. The van der Waals surface area contributed by atoms with Crippen molar-refractivity contribution in [1.29, 1.82) is 0 Å². The number of rotatable bonds is 11. The molecule has 2 atom stereocenters. The van der Waals surface area contributed by atoms with Crippen LogP contribution in [0.1, 0.15) is 45.7 Å². The Hall–Kier alpha value is -3.10. The second-order valence-corrected chi connectivity index (χ2v) is 16.8. The van der Waals surface area contributed by atoms with Crippen molar-refractivity contribution in [3.05, 3.63) is 132 Å². The summed E-state index contributed by atoms with van der Waals surface area (Å²) in [5.74, 6) is -0.733. The number of hydroxylamine groups is 1. The maximum atomic E-state index is 7.53. The Kier molecular flexibility index (Phi) is 9.13. The number of hydrogen-bond acceptors (Lipinski definition) is 5. The molecule has 0 bridgehead atoms. The maximum absolute atomic E-state index is 7.53. The molecule has 220 valence electrons. The van der Waals surface area contributed by atoms with E-state index < -0.39 is 19.6 Å². The predicted octanol–water partition coefficient (Wildman–Crippen LogP) is 6.33. The van der Waals surface area contributed by atoms with Gasteiger partial charge in [0.1, 0.15) is 11.6 Å². The second-order valence-electron chi connectivity index (χ2n) is 12.5. The van der Waals surface area contributed by atoms with Gasteiger partial charge in [-0.2, -0.15) is 5.48 Å². The van der Waals surface area contributed by atoms with Crippen molar-refractivity contribution >= 4 is 18.7 Å². The first kappa shape index (κ1) is 30.4. The first-order valence-electron chi connectivity index (χ1n) is 14.7. The zero-order valence-corrected chi connectivity index (χ0v) is 26.4. The number of nitrogens with one attached hydrogen (secondary N) is 1. The average molecular weight is 582 g/mol. The van der Waals surface area contributed by atoms with Gasteiger partial charge in [0, 0.05) is 0 Å². The third-order valence-corrected chi connectivity index (χ3v) is 13.1. The van der Waals surface area contributed by atoms with E-state index >= 15 is 0 Å². The Morgan fingerprint density at radius 2 is 1.26 bits per heavy atom. The Labute approximate surface area is 251 Å². The van der Waals surface area contributed by atoms with Crippen LogP contribution in [0.25, 0.3) is 0 Å². The molecule has 5 nitrogen and oxygen atoms in total. The van der Waals surface area contributed by atoms with Crippen LogP contribution >= 0.6 is 0 Å². The van der Waals surface area contributed by atoms with Crippen molar-refractivity contribution in [2.24, 2.45) is 0 Å².